The molecule has 84 valence electrons. The molecule has 0 aromatic carbocycles. The number of hydrogen-bond acceptors (Lipinski definition) is 2. The molecule has 0 aromatic rings. The zero-order chi connectivity index (χ0) is 11.2. The first kappa shape index (κ1) is 13.6. The number of hydrogen-bond donors (Lipinski definition) is 1. The Morgan fingerprint density at radius 1 is 1.21 bits per heavy atom. The van der Waals surface area contributed by atoms with Crippen LogP contribution in [-0.4, -0.2) is 11.8 Å². The molecule has 0 aromatic heterocycles. The first-order chi connectivity index (χ1) is 6.39. The number of ketones is 1. The highest BCUT2D eigenvalue weighted by atomic mass is 16.1. The molecule has 0 heterocycles. The second-order valence-electron chi connectivity index (χ2n) is 5.07. The summed E-state index contributed by atoms with van der Waals surface area (Å²) in [5.41, 5.74) is 5.55. The molecule has 0 saturated heterocycles. The fourth-order valence-electron chi connectivity index (χ4n) is 1.48. The second-order valence-corrected chi connectivity index (χ2v) is 5.07. The molecule has 0 bridgehead atoms. The lowest BCUT2D eigenvalue weighted by Gasteiger charge is -2.21. The Morgan fingerprint density at radius 2 is 1.79 bits per heavy atom. The lowest BCUT2D eigenvalue weighted by atomic mass is 9.85. The maximum Gasteiger partial charge on any atom is 0.154 e. The normalized spacial score (nSPS) is 14.1. The summed E-state index contributed by atoms with van der Waals surface area (Å²) in [6, 6.07) is -0.258. The monoisotopic (exact) mass is 199 g/mol. The maximum absolute atomic E-state index is 11.7. The highest BCUT2D eigenvalue weighted by molar-refractivity contribution is 5.88. The van der Waals surface area contributed by atoms with Gasteiger partial charge in [0.25, 0.3) is 0 Å². The third-order valence-electron chi connectivity index (χ3n) is 2.44. The third-order valence-corrected chi connectivity index (χ3v) is 2.44. The van der Waals surface area contributed by atoms with Gasteiger partial charge in [-0.25, -0.2) is 0 Å². The minimum Gasteiger partial charge on any atom is -0.321 e. The van der Waals surface area contributed by atoms with Crippen molar-refractivity contribution in [3.8, 4) is 0 Å². The van der Waals surface area contributed by atoms with Crippen molar-refractivity contribution in [1.29, 1.82) is 0 Å². The van der Waals surface area contributed by atoms with Crippen LogP contribution in [0.15, 0.2) is 0 Å². The SMILES string of the molecule is CCCCCCC(N)C(=O)C(C)(C)C. The van der Waals surface area contributed by atoms with Gasteiger partial charge < -0.3 is 5.73 Å². The van der Waals surface area contributed by atoms with E-state index in [1.807, 2.05) is 20.8 Å². The summed E-state index contributed by atoms with van der Waals surface area (Å²) in [4.78, 5) is 11.7. The maximum atomic E-state index is 11.7. The predicted octanol–water partition coefficient (Wildman–Crippen LogP) is 2.90. The molecule has 1 atom stereocenters. The van der Waals surface area contributed by atoms with Gasteiger partial charge in [-0.2, -0.15) is 0 Å². The lowest BCUT2D eigenvalue weighted by molar-refractivity contribution is -0.127. The first-order valence-corrected chi connectivity index (χ1v) is 5.69. The van der Waals surface area contributed by atoms with E-state index in [9.17, 15) is 4.79 Å². The number of rotatable bonds is 6. The second kappa shape index (κ2) is 6.18. The van der Waals surface area contributed by atoms with Crippen LogP contribution in [0, 0.1) is 5.41 Å². The van der Waals surface area contributed by atoms with E-state index in [2.05, 4.69) is 6.92 Å². The van der Waals surface area contributed by atoms with Crippen molar-refractivity contribution in [2.24, 2.45) is 11.1 Å². The average molecular weight is 199 g/mol. The van der Waals surface area contributed by atoms with Crippen LogP contribution in [0.5, 0.6) is 0 Å². The van der Waals surface area contributed by atoms with Gasteiger partial charge in [-0.05, 0) is 6.42 Å². The van der Waals surface area contributed by atoms with Gasteiger partial charge in [0, 0.05) is 5.41 Å². The number of Topliss-reactive ketones (excluding diaryl/α,β-unsaturated/α-hetero) is 1. The van der Waals surface area contributed by atoms with Crippen molar-refractivity contribution >= 4 is 5.78 Å². The molecule has 0 aliphatic carbocycles. The quantitative estimate of drug-likeness (QED) is 0.668. The fourth-order valence-corrected chi connectivity index (χ4v) is 1.48. The summed E-state index contributed by atoms with van der Waals surface area (Å²) in [5, 5.41) is 0. The van der Waals surface area contributed by atoms with Crippen LogP contribution in [0.4, 0.5) is 0 Å². The zero-order valence-corrected chi connectivity index (χ0v) is 10.1. The average Bonchev–Trinajstić information content (AvgIpc) is 2.09. The van der Waals surface area contributed by atoms with Gasteiger partial charge in [0.1, 0.15) is 0 Å². The lowest BCUT2D eigenvalue weighted by Crippen LogP contribution is -2.38. The largest absolute Gasteiger partial charge is 0.321 e. The molecule has 0 rings (SSSR count). The Morgan fingerprint density at radius 3 is 2.21 bits per heavy atom. The van der Waals surface area contributed by atoms with E-state index in [1.165, 1.54) is 19.3 Å². The molecule has 2 heteroatoms. The van der Waals surface area contributed by atoms with Gasteiger partial charge in [-0.3, -0.25) is 4.79 Å². The van der Waals surface area contributed by atoms with E-state index in [4.69, 9.17) is 5.73 Å². The van der Waals surface area contributed by atoms with Crippen molar-refractivity contribution in [1.82, 2.24) is 0 Å². The number of nitrogens with two attached hydrogens (primary N) is 1. The first-order valence-electron chi connectivity index (χ1n) is 5.69. The Hall–Kier alpha value is -0.370. The predicted molar refractivity (Wildman–Crippen MR) is 61.2 cm³/mol. The van der Waals surface area contributed by atoms with Crippen LogP contribution in [0.1, 0.15) is 59.8 Å². The molecule has 14 heavy (non-hydrogen) atoms. The highest BCUT2D eigenvalue weighted by Gasteiger charge is 2.26. The van der Waals surface area contributed by atoms with Crippen LogP contribution in [0.3, 0.4) is 0 Å². The molecular formula is C12H25NO. The number of unbranched alkanes of at least 4 members (excludes halogenated alkanes) is 3. The molecule has 2 N–H and O–H groups in total. The zero-order valence-electron chi connectivity index (χ0n) is 10.1. The summed E-state index contributed by atoms with van der Waals surface area (Å²) in [6.07, 6.45) is 5.59. The fraction of sp³-hybridized carbons (Fsp3) is 0.917. The van der Waals surface area contributed by atoms with Gasteiger partial charge >= 0.3 is 0 Å². The van der Waals surface area contributed by atoms with Crippen molar-refractivity contribution in [3.63, 3.8) is 0 Å². The van der Waals surface area contributed by atoms with Crippen molar-refractivity contribution in [3.05, 3.63) is 0 Å². The molecule has 0 radical (unpaired) electrons. The molecule has 0 aliphatic heterocycles. The van der Waals surface area contributed by atoms with Gasteiger partial charge in [-0.1, -0.05) is 53.4 Å². The Bertz CT molecular complexity index is 170. The number of carbonyl (C=O) groups excluding carboxylic acids is 1. The van der Waals surface area contributed by atoms with Gasteiger partial charge in [-0.15, -0.1) is 0 Å². The standard InChI is InChI=1S/C12H25NO/c1-5-6-7-8-9-10(13)11(14)12(2,3)4/h10H,5-9,13H2,1-4H3. The Kier molecular flexibility index (Phi) is 6.01. The molecule has 2 nitrogen and oxygen atoms in total. The van der Waals surface area contributed by atoms with Crippen LogP contribution in [0.2, 0.25) is 0 Å². The van der Waals surface area contributed by atoms with Gasteiger partial charge in [0.2, 0.25) is 0 Å². The van der Waals surface area contributed by atoms with Gasteiger partial charge in [0.05, 0.1) is 6.04 Å². The summed E-state index contributed by atoms with van der Waals surface area (Å²) >= 11 is 0. The molecule has 0 saturated carbocycles. The van der Waals surface area contributed by atoms with Crippen LogP contribution >= 0.6 is 0 Å². The Labute approximate surface area is 88.3 Å². The topological polar surface area (TPSA) is 43.1 Å². The van der Waals surface area contributed by atoms with Crippen LogP contribution < -0.4 is 5.73 Å². The van der Waals surface area contributed by atoms with E-state index in [0.717, 1.165) is 12.8 Å². The summed E-state index contributed by atoms with van der Waals surface area (Å²) < 4.78 is 0. The summed E-state index contributed by atoms with van der Waals surface area (Å²) in [6.45, 7) is 7.98. The molecule has 0 aliphatic rings. The minimum absolute atomic E-state index is 0.189. The minimum atomic E-state index is -0.288. The summed E-state index contributed by atoms with van der Waals surface area (Å²) in [7, 11) is 0. The molecule has 0 fully saturated rings. The van der Waals surface area contributed by atoms with Gasteiger partial charge in [0.15, 0.2) is 5.78 Å². The third kappa shape index (κ3) is 5.38. The smallest absolute Gasteiger partial charge is 0.154 e. The van der Waals surface area contributed by atoms with E-state index in [-0.39, 0.29) is 17.2 Å². The van der Waals surface area contributed by atoms with E-state index in [1.54, 1.807) is 0 Å². The van der Waals surface area contributed by atoms with E-state index < -0.39 is 0 Å². The molecule has 1 unspecified atom stereocenters. The molecule has 0 amide bonds. The van der Waals surface area contributed by atoms with Crippen molar-refractivity contribution in [2.75, 3.05) is 0 Å². The van der Waals surface area contributed by atoms with Crippen molar-refractivity contribution in [2.45, 2.75) is 65.8 Å². The molecule has 0 spiro atoms. The molecular weight excluding hydrogens is 174 g/mol. The van der Waals surface area contributed by atoms with Crippen molar-refractivity contribution < 1.29 is 4.79 Å². The van der Waals surface area contributed by atoms with Crippen LogP contribution in [-0.2, 0) is 4.79 Å². The Balaban J connectivity index is 3.74. The number of carbonyl (C=O) groups is 1. The van der Waals surface area contributed by atoms with E-state index in [0.29, 0.717) is 0 Å². The summed E-state index contributed by atoms with van der Waals surface area (Å²) in [5.74, 6) is 0.189. The van der Waals surface area contributed by atoms with Crippen LogP contribution in [0.25, 0.3) is 0 Å². The highest BCUT2D eigenvalue weighted by Crippen LogP contribution is 2.18. The van der Waals surface area contributed by atoms with E-state index >= 15 is 0 Å².